The number of hydrogen-bond acceptors (Lipinski definition) is 5. The molecule has 2 aromatic rings. The van der Waals surface area contributed by atoms with Gasteiger partial charge in [0, 0.05) is 11.6 Å². The van der Waals surface area contributed by atoms with E-state index in [-0.39, 0.29) is 11.5 Å². The zero-order valence-corrected chi connectivity index (χ0v) is 13.8. The Labute approximate surface area is 140 Å². The third-order valence-corrected chi connectivity index (χ3v) is 3.68. The van der Waals surface area contributed by atoms with Crippen molar-refractivity contribution in [2.45, 2.75) is 6.92 Å². The van der Waals surface area contributed by atoms with Gasteiger partial charge in [-0.3, -0.25) is 4.79 Å². The van der Waals surface area contributed by atoms with Crippen LogP contribution in [0.1, 0.15) is 22.8 Å². The number of benzene rings is 2. The van der Waals surface area contributed by atoms with E-state index in [9.17, 15) is 4.79 Å². The van der Waals surface area contributed by atoms with Gasteiger partial charge in [0.2, 0.25) is 5.78 Å². The molecule has 0 atom stereocenters. The Bertz CT molecular complexity index is 807. The van der Waals surface area contributed by atoms with Gasteiger partial charge in [0.05, 0.1) is 26.4 Å². The van der Waals surface area contributed by atoms with Crippen LogP contribution in [0.5, 0.6) is 23.0 Å². The lowest BCUT2D eigenvalue weighted by Crippen LogP contribution is -1.99. The third kappa shape index (κ3) is 2.93. The van der Waals surface area contributed by atoms with Crippen molar-refractivity contribution in [1.29, 1.82) is 0 Å². The van der Waals surface area contributed by atoms with Crippen LogP contribution < -0.4 is 18.9 Å². The molecule has 124 valence electrons. The molecule has 0 fully saturated rings. The Kier molecular flexibility index (Phi) is 4.42. The predicted molar refractivity (Wildman–Crippen MR) is 90.1 cm³/mol. The van der Waals surface area contributed by atoms with Gasteiger partial charge in [0.1, 0.15) is 23.0 Å². The number of methoxy groups -OCH3 is 2. The van der Waals surface area contributed by atoms with E-state index in [4.69, 9.17) is 18.9 Å². The molecule has 1 heterocycles. The first-order valence-electron chi connectivity index (χ1n) is 7.59. The van der Waals surface area contributed by atoms with Crippen LogP contribution in [0.3, 0.4) is 0 Å². The minimum Gasteiger partial charge on any atom is -0.497 e. The molecule has 0 amide bonds. The Morgan fingerprint density at radius 1 is 1.04 bits per heavy atom. The first-order valence-corrected chi connectivity index (χ1v) is 7.59. The highest BCUT2D eigenvalue weighted by molar-refractivity contribution is 6.14. The van der Waals surface area contributed by atoms with Crippen molar-refractivity contribution in [3.63, 3.8) is 0 Å². The summed E-state index contributed by atoms with van der Waals surface area (Å²) in [5.74, 6) is 2.54. The van der Waals surface area contributed by atoms with E-state index in [1.807, 2.05) is 6.92 Å². The molecule has 0 bridgehead atoms. The minimum atomic E-state index is -0.169. The zero-order valence-electron chi connectivity index (χ0n) is 13.8. The highest BCUT2D eigenvalue weighted by Crippen LogP contribution is 2.36. The molecule has 0 N–H and O–H groups in total. The van der Waals surface area contributed by atoms with Gasteiger partial charge in [-0.1, -0.05) is 0 Å². The van der Waals surface area contributed by atoms with E-state index in [0.29, 0.717) is 40.7 Å². The van der Waals surface area contributed by atoms with Gasteiger partial charge in [0.15, 0.2) is 5.76 Å². The van der Waals surface area contributed by atoms with E-state index in [1.54, 1.807) is 56.7 Å². The van der Waals surface area contributed by atoms with Crippen LogP contribution in [0.2, 0.25) is 0 Å². The summed E-state index contributed by atoms with van der Waals surface area (Å²) < 4.78 is 21.7. The molecule has 2 aromatic carbocycles. The maximum absolute atomic E-state index is 12.5. The maximum atomic E-state index is 12.5. The van der Waals surface area contributed by atoms with Crippen LogP contribution >= 0.6 is 0 Å². The molecular formula is C19H18O5. The molecule has 1 aliphatic heterocycles. The number of rotatable bonds is 5. The average Bonchev–Trinajstić information content (AvgIpc) is 2.90. The summed E-state index contributed by atoms with van der Waals surface area (Å²) in [6, 6.07) is 10.6. The molecule has 0 spiro atoms. The summed E-state index contributed by atoms with van der Waals surface area (Å²) in [5.41, 5.74) is 1.23. The highest BCUT2D eigenvalue weighted by Gasteiger charge is 2.28. The molecule has 0 aliphatic carbocycles. The molecule has 0 unspecified atom stereocenters. The molecule has 0 aromatic heterocycles. The van der Waals surface area contributed by atoms with E-state index >= 15 is 0 Å². The van der Waals surface area contributed by atoms with Gasteiger partial charge in [-0.25, -0.2) is 0 Å². The van der Waals surface area contributed by atoms with Crippen LogP contribution in [-0.2, 0) is 0 Å². The normalized spacial score (nSPS) is 14.3. The van der Waals surface area contributed by atoms with Crippen molar-refractivity contribution in [3.8, 4) is 23.0 Å². The Morgan fingerprint density at radius 2 is 1.83 bits per heavy atom. The maximum Gasteiger partial charge on any atom is 0.231 e. The first-order chi connectivity index (χ1) is 11.7. The lowest BCUT2D eigenvalue weighted by molar-refractivity contribution is 0.101. The topological polar surface area (TPSA) is 54.0 Å². The summed E-state index contributed by atoms with van der Waals surface area (Å²) in [4.78, 5) is 12.5. The standard InChI is InChI=1S/C19H18O5/c1-4-23-14-5-7-15-17(11-14)24-18(19(15)20)10-12-9-13(21-2)6-8-16(12)22-3/h5-11H,4H2,1-3H3. The van der Waals surface area contributed by atoms with E-state index in [0.717, 1.165) is 0 Å². The second kappa shape index (κ2) is 6.66. The zero-order chi connectivity index (χ0) is 17.1. The Balaban J connectivity index is 1.96. The van der Waals surface area contributed by atoms with Crippen LogP contribution in [0.4, 0.5) is 0 Å². The first kappa shape index (κ1) is 15.9. The van der Waals surface area contributed by atoms with E-state index in [1.165, 1.54) is 0 Å². The summed E-state index contributed by atoms with van der Waals surface area (Å²) in [6.07, 6.45) is 1.66. The number of allylic oxidation sites excluding steroid dienone is 1. The van der Waals surface area contributed by atoms with Gasteiger partial charge >= 0.3 is 0 Å². The average molecular weight is 326 g/mol. The molecular weight excluding hydrogens is 308 g/mol. The van der Waals surface area contributed by atoms with Gasteiger partial charge in [-0.05, 0) is 43.3 Å². The van der Waals surface area contributed by atoms with Gasteiger partial charge in [0.25, 0.3) is 0 Å². The number of fused-ring (bicyclic) bond motifs is 1. The molecule has 24 heavy (non-hydrogen) atoms. The van der Waals surface area contributed by atoms with Crippen LogP contribution in [0.25, 0.3) is 6.08 Å². The second-order valence-electron chi connectivity index (χ2n) is 5.14. The van der Waals surface area contributed by atoms with E-state index < -0.39 is 0 Å². The van der Waals surface area contributed by atoms with Crippen molar-refractivity contribution < 1.29 is 23.7 Å². The number of Topliss-reactive ketones (excluding diaryl/α,β-unsaturated/α-hetero) is 1. The van der Waals surface area contributed by atoms with Crippen LogP contribution in [-0.4, -0.2) is 26.6 Å². The molecule has 1 aliphatic rings. The third-order valence-electron chi connectivity index (χ3n) is 3.68. The summed E-state index contributed by atoms with van der Waals surface area (Å²) in [7, 11) is 3.16. The minimum absolute atomic E-state index is 0.169. The molecule has 0 saturated carbocycles. The SMILES string of the molecule is CCOc1ccc2c(c1)OC(=Cc1cc(OC)ccc1OC)C2=O. The number of carbonyl (C=O) groups is 1. The fourth-order valence-corrected chi connectivity index (χ4v) is 2.52. The fourth-order valence-electron chi connectivity index (χ4n) is 2.52. The van der Waals surface area contributed by atoms with Crippen molar-refractivity contribution in [2.75, 3.05) is 20.8 Å². The number of ether oxygens (including phenoxy) is 4. The molecule has 5 heteroatoms. The van der Waals surface area contributed by atoms with Gasteiger partial charge < -0.3 is 18.9 Å². The molecule has 3 rings (SSSR count). The lowest BCUT2D eigenvalue weighted by atomic mass is 10.1. The fraction of sp³-hybridized carbons (Fsp3) is 0.211. The Hall–Kier alpha value is -2.95. The van der Waals surface area contributed by atoms with E-state index in [2.05, 4.69) is 0 Å². The molecule has 5 nitrogen and oxygen atoms in total. The van der Waals surface area contributed by atoms with Crippen molar-refractivity contribution in [1.82, 2.24) is 0 Å². The number of carbonyl (C=O) groups excluding carboxylic acids is 1. The summed E-state index contributed by atoms with van der Waals surface area (Å²) in [6.45, 7) is 2.45. The molecule has 0 saturated heterocycles. The number of hydrogen-bond donors (Lipinski definition) is 0. The van der Waals surface area contributed by atoms with Crippen molar-refractivity contribution in [3.05, 3.63) is 53.3 Å². The van der Waals surface area contributed by atoms with Crippen LogP contribution in [0, 0.1) is 0 Å². The van der Waals surface area contributed by atoms with Crippen LogP contribution in [0.15, 0.2) is 42.2 Å². The second-order valence-corrected chi connectivity index (χ2v) is 5.14. The Morgan fingerprint density at radius 3 is 2.54 bits per heavy atom. The summed E-state index contributed by atoms with van der Waals surface area (Å²) >= 11 is 0. The number of ketones is 1. The monoisotopic (exact) mass is 326 g/mol. The largest absolute Gasteiger partial charge is 0.497 e. The highest BCUT2D eigenvalue weighted by atomic mass is 16.5. The summed E-state index contributed by atoms with van der Waals surface area (Å²) in [5, 5.41) is 0. The van der Waals surface area contributed by atoms with Crippen molar-refractivity contribution >= 4 is 11.9 Å². The van der Waals surface area contributed by atoms with Gasteiger partial charge in [-0.2, -0.15) is 0 Å². The van der Waals surface area contributed by atoms with Gasteiger partial charge in [-0.15, -0.1) is 0 Å². The molecule has 0 radical (unpaired) electrons. The quantitative estimate of drug-likeness (QED) is 0.784. The smallest absolute Gasteiger partial charge is 0.231 e. The predicted octanol–water partition coefficient (Wildman–Crippen LogP) is 3.72. The van der Waals surface area contributed by atoms with Crippen molar-refractivity contribution in [2.24, 2.45) is 0 Å². The lowest BCUT2D eigenvalue weighted by Gasteiger charge is -2.08.